The fourth-order valence-electron chi connectivity index (χ4n) is 1.10. The smallest absolute Gasteiger partial charge is 0.120 e. The van der Waals surface area contributed by atoms with Gasteiger partial charge in [-0.15, -0.1) is 0 Å². The molecular formula is C11H16ClNO. The molecule has 0 aliphatic rings. The minimum atomic E-state index is 0.681. The standard InChI is InChI=1S/C11H16ClNO/c1-2-6-13-7-8-14-11-5-3-4-10(12)9-11/h3-5,9,13H,2,6-8H2,1H3. The summed E-state index contributed by atoms with van der Waals surface area (Å²) in [6, 6.07) is 7.45. The topological polar surface area (TPSA) is 21.3 Å². The van der Waals surface area contributed by atoms with E-state index in [1.54, 1.807) is 0 Å². The van der Waals surface area contributed by atoms with Crippen molar-refractivity contribution in [3.05, 3.63) is 29.3 Å². The second-order valence-corrected chi connectivity index (χ2v) is 3.49. The molecule has 3 heteroatoms. The molecule has 1 rings (SSSR count). The van der Waals surface area contributed by atoms with Gasteiger partial charge in [0.1, 0.15) is 12.4 Å². The first-order chi connectivity index (χ1) is 6.83. The summed E-state index contributed by atoms with van der Waals surface area (Å²) in [7, 11) is 0. The number of hydrogen-bond acceptors (Lipinski definition) is 2. The molecule has 0 bridgehead atoms. The van der Waals surface area contributed by atoms with Crippen molar-refractivity contribution in [2.24, 2.45) is 0 Å². The molecule has 2 nitrogen and oxygen atoms in total. The van der Waals surface area contributed by atoms with Crippen molar-refractivity contribution < 1.29 is 4.74 Å². The van der Waals surface area contributed by atoms with Crippen LogP contribution in [0, 0.1) is 0 Å². The van der Waals surface area contributed by atoms with Gasteiger partial charge in [-0.2, -0.15) is 0 Å². The summed E-state index contributed by atoms with van der Waals surface area (Å²) < 4.78 is 5.49. The Balaban J connectivity index is 2.18. The molecule has 0 unspecified atom stereocenters. The fourth-order valence-corrected chi connectivity index (χ4v) is 1.28. The van der Waals surface area contributed by atoms with Crippen molar-refractivity contribution >= 4 is 11.6 Å². The summed E-state index contributed by atoms with van der Waals surface area (Å²) in [6.45, 7) is 4.74. The van der Waals surface area contributed by atoms with Gasteiger partial charge in [-0.25, -0.2) is 0 Å². The summed E-state index contributed by atoms with van der Waals surface area (Å²) >= 11 is 5.81. The highest BCUT2D eigenvalue weighted by atomic mass is 35.5. The van der Waals surface area contributed by atoms with E-state index in [9.17, 15) is 0 Å². The molecule has 0 aliphatic heterocycles. The van der Waals surface area contributed by atoms with Crippen LogP contribution in [0.25, 0.3) is 0 Å². The van der Waals surface area contributed by atoms with Crippen LogP contribution in [0.2, 0.25) is 5.02 Å². The zero-order valence-electron chi connectivity index (χ0n) is 8.42. The van der Waals surface area contributed by atoms with E-state index in [4.69, 9.17) is 16.3 Å². The molecule has 0 fully saturated rings. The molecule has 1 N–H and O–H groups in total. The maximum atomic E-state index is 5.81. The van der Waals surface area contributed by atoms with Gasteiger partial charge in [0.05, 0.1) is 0 Å². The normalized spacial score (nSPS) is 10.1. The zero-order chi connectivity index (χ0) is 10.2. The van der Waals surface area contributed by atoms with E-state index < -0.39 is 0 Å². The van der Waals surface area contributed by atoms with Crippen LogP contribution >= 0.6 is 11.6 Å². The third kappa shape index (κ3) is 4.49. The molecule has 78 valence electrons. The Bertz CT molecular complexity index is 265. The summed E-state index contributed by atoms with van der Waals surface area (Å²) in [4.78, 5) is 0. The van der Waals surface area contributed by atoms with Gasteiger partial charge < -0.3 is 10.1 Å². The van der Waals surface area contributed by atoms with E-state index in [0.29, 0.717) is 11.6 Å². The van der Waals surface area contributed by atoms with E-state index in [1.807, 2.05) is 24.3 Å². The van der Waals surface area contributed by atoms with Gasteiger partial charge in [-0.1, -0.05) is 24.6 Å². The van der Waals surface area contributed by atoms with Crippen LogP contribution in [-0.4, -0.2) is 19.7 Å². The Labute approximate surface area is 90.2 Å². The van der Waals surface area contributed by atoms with Gasteiger partial charge in [0, 0.05) is 11.6 Å². The lowest BCUT2D eigenvalue weighted by Gasteiger charge is -2.06. The minimum absolute atomic E-state index is 0.681. The molecule has 0 heterocycles. The lowest BCUT2D eigenvalue weighted by atomic mass is 10.3. The quantitative estimate of drug-likeness (QED) is 0.734. The van der Waals surface area contributed by atoms with Gasteiger partial charge in [-0.05, 0) is 31.2 Å². The lowest BCUT2D eigenvalue weighted by molar-refractivity contribution is 0.314. The third-order valence-electron chi connectivity index (χ3n) is 1.77. The van der Waals surface area contributed by atoms with Gasteiger partial charge in [-0.3, -0.25) is 0 Å². The SMILES string of the molecule is CCCNCCOc1cccc(Cl)c1. The predicted octanol–water partition coefficient (Wildman–Crippen LogP) is 2.72. The van der Waals surface area contributed by atoms with E-state index in [2.05, 4.69) is 12.2 Å². The summed E-state index contributed by atoms with van der Waals surface area (Å²) in [5, 5.41) is 3.97. The van der Waals surface area contributed by atoms with Crippen LogP contribution in [-0.2, 0) is 0 Å². The first-order valence-electron chi connectivity index (χ1n) is 4.92. The average Bonchev–Trinajstić information content (AvgIpc) is 2.18. The van der Waals surface area contributed by atoms with Gasteiger partial charge in [0.15, 0.2) is 0 Å². The van der Waals surface area contributed by atoms with Crippen LogP contribution in [0.3, 0.4) is 0 Å². The molecule has 1 aromatic rings. The number of benzene rings is 1. The minimum Gasteiger partial charge on any atom is -0.492 e. The van der Waals surface area contributed by atoms with Gasteiger partial charge >= 0.3 is 0 Å². The second kappa shape index (κ2) is 6.68. The molecule has 0 radical (unpaired) electrons. The number of ether oxygens (including phenoxy) is 1. The lowest BCUT2D eigenvalue weighted by Crippen LogP contribution is -2.21. The first-order valence-corrected chi connectivity index (χ1v) is 5.30. The monoisotopic (exact) mass is 213 g/mol. The number of hydrogen-bond donors (Lipinski definition) is 1. The Morgan fingerprint density at radius 3 is 2.93 bits per heavy atom. The average molecular weight is 214 g/mol. The summed E-state index contributed by atoms with van der Waals surface area (Å²) in [5.74, 6) is 0.829. The van der Waals surface area contributed by atoms with Crippen molar-refractivity contribution in [1.29, 1.82) is 0 Å². The highest BCUT2D eigenvalue weighted by Crippen LogP contribution is 2.16. The van der Waals surface area contributed by atoms with E-state index in [-0.39, 0.29) is 0 Å². The largest absolute Gasteiger partial charge is 0.492 e. The fraction of sp³-hybridized carbons (Fsp3) is 0.455. The van der Waals surface area contributed by atoms with Crippen LogP contribution in [0.4, 0.5) is 0 Å². The Hall–Kier alpha value is -0.730. The van der Waals surface area contributed by atoms with Crippen LogP contribution in [0.1, 0.15) is 13.3 Å². The molecule has 0 atom stereocenters. The number of rotatable bonds is 6. The first kappa shape index (κ1) is 11.3. The summed E-state index contributed by atoms with van der Waals surface area (Å²) in [5.41, 5.74) is 0. The number of nitrogens with one attached hydrogen (secondary N) is 1. The van der Waals surface area contributed by atoms with Gasteiger partial charge in [0.2, 0.25) is 0 Å². The van der Waals surface area contributed by atoms with Crippen LogP contribution in [0.15, 0.2) is 24.3 Å². The molecule has 0 spiro atoms. The Morgan fingerprint density at radius 1 is 1.36 bits per heavy atom. The maximum Gasteiger partial charge on any atom is 0.120 e. The van der Waals surface area contributed by atoms with Crippen LogP contribution < -0.4 is 10.1 Å². The second-order valence-electron chi connectivity index (χ2n) is 3.06. The van der Waals surface area contributed by atoms with E-state index in [0.717, 1.165) is 25.3 Å². The Kier molecular flexibility index (Phi) is 5.42. The summed E-state index contributed by atoms with van der Waals surface area (Å²) in [6.07, 6.45) is 1.15. The molecule has 0 saturated carbocycles. The van der Waals surface area contributed by atoms with Crippen molar-refractivity contribution in [3.63, 3.8) is 0 Å². The van der Waals surface area contributed by atoms with Crippen molar-refractivity contribution in [2.45, 2.75) is 13.3 Å². The molecule has 0 aliphatic carbocycles. The highest BCUT2D eigenvalue weighted by Gasteiger charge is 1.93. The molecular weight excluding hydrogens is 198 g/mol. The molecule has 0 saturated heterocycles. The van der Waals surface area contributed by atoms with Crippen molar-refractivity contribution in [2.75, 3.05) is 19.7 Å². The van der Waals surface area contributed by atoms with Gasteiger partial charge in [0.25, 0.3) is 0 Å². The van der Waals surface area contributed by atoms with Crippen molar-refractivity contribution in [3.8, 4) is 5.75 Å². The van der Waals surface area contributed by atoms with Crippen molar-refractivity contribution in [1.82, 2.24) is 5.32 Å². The predicted molar refractivity (Wildman–Crippen MR) is 60.1 cm³/mol. The molecule has 14 heavy (non-hydrogen) atoms. The Morgan fingerprint density at radius 2 is 2.21 bits per heavy atom. The number of halogens is 1. The maximum absolute atomic E-state index is 5.81. The van der Waals surface area contributed by atoms with E-state index in [1.165, 1.54) is 0 Å². The molecule has 1 aromatic carbocycles. The third-order valence-corrected chi connectivity index (χ3v) is 2.01. The van der Waals surface area contributed by atoms with Crippen LogP contribution in [0.5, 0.6) is 5.75 Å². The molecule has 0 amide bonds. The zero-order valence-corrected chi connectivity index (χ0v) is 9.18. The molecule has 0 aromatic heterocycles. The highest BCUT2D eigenvalue weighted by molar-refractivity contribution is 6.30. The van der Waals surface area contributed by atoms with E-state index >= 15 is 0 Å².